The second-order valence-corrected chi connectivity index (χ2v) is 3.62. The molecule has 102 valence electrons. The second kappa shape index (κ2) is 4.96. The Morgan fingerprint density at radius 2 is 1.56 bits per heavy atom. The van der Waals surface area contributed by atoms with E-state index in [1.54, 1.807) is 0 Å². The fourth-order valence-electron chi connectivity index (χ4n) is 0.845. The van der Waals surface area contributed by atoms with Crippen molar-refractivity contribution in [3.63, 3.8) is 0 Å². The van der Waals surface area contributed by atoms with E-state index in [0.717, 1.165) is 6.20 Å². The molecule has 0 spiro atoms. The number of nitrogens with zero attached hydrogens (tertiary/aromatic N) is 2. The van der Waals surface area contributed by atoms with Crippen LogP contribution < -0.4 is 4.74 Å². The molecule has 0 aliphatic rings. The molecule has 18 heavy (non-hydrogen) atoms. The minimum atomic E-state index is -5.67. The first-order valence-corrected chi connectivity index (χ1v) is 4.75. The van der Waals surface area contributed by atoms with E-state index in [4.69, 9.17) is 23.2 Å². The Morgan fingerprint density at radius 1 is 1.06 bits per heavy atom. The molecule has 0 aliphatic heterocycles. The van der Waals surface area contributed by atoms with Gasteiger partial charge in [-0.3, -0.25) is 0 Å². The van der Waals surface area contributed by atoms with Gasteiger partial charge in [0, 0.05) is 0 Å². The lowest BCUT2D eigenvalue weighted by Gasteiger charge is -2.23. The lowest BCUT2D eigenvalue weighted by Crippen LogP contribution is -2.46. The van der Waals surface area contributed by atoms with Crippen LogP contribution in [0.1, 0.15) is 0 Å². The minimum absolute atomic E-state index is 0.600. The van der Waals surface area contributed by atoms with Crippen molar-refractivity contribution < 1.29 is 31.1 Å². The van der Waals surface area contributed by atoms with E-state index in [1.807, 2.05) is 0 Å². The molecular formula is C7H2Cl2F6N2O. The molecule has 0 aliphatic carbocycles. The van der Waals surface area contributed by atoms with Crippen molar-refractivity contribution in [3.05, 3.63) is 16.5 Å². The molecule has 0 unspecified atom stereocenters. The molecule has 0 saturated heterocycles. The molecule has 1 aromatic rings. The van der Waals surface area contributed by atoms with Gasteiger partial charge in [-0.15, -0.1) is 0 Å². The van der Waals surface area contributed by atoms with Crippen LogP contribution in [0.25, 0.3) is 0 Å². The highest BCUT2D eigenvalue weighted by molar-refractivity contribution is 6.32. The van der Waals surface area contributed by atoms with Gasteiger partial charge in [0.05, 0.1) is 6.20 Å². The summed E-state index contributed by atoms with van der Waals surface area (Å²) >= 11 is 10.5. The number of aromatic nitrogens is 2. The van der Waals surface area contributed by atoms with Gasteiger partial charge < -0.3 is 4.74 Å². The molecule has 3 nitrogen and oxygen atoms in total. The molecular weight excluding hydrogens is 313 g/mol. The minimum Gasteiger partial charge on any atom is -0.454 e. The van der Waals surface area contributed by atoms with Crippen LogP contribution in [0.3, 0.4) is 0 Å². The monoisotopic (exact) mass is 314 g/mol. The van der Waals surface area contributed by atoms with E-state index < -0.39 is 34.6 Å². The van der Waals surface area contributed by atoms with Gasteiger partial charge in [0.25, 0.3) is 6.10 Å². The number of halogens is 8. The van der Waals surface area contributed by atoms with Crippen LogP contribution >= 0.6 is 23.2 Å². The summed E-state index contributed by atoms with van der Waals surface area (Å²) in [7, 11) is 0. The van der Waals surface area contributed by atoms with Gasteiger partial charge in [-0.2, -0.15) is 31.3 Å². The predicted octanol–water partition coefficient (Wildman–Crippen LogP) is 3.66. The van der Waals surface area contributed by atoms with Crippen molar-refractivity contribution >= 4 is 23.2 Å². The summed E-state index contributed by atoms with van der Waals surface area (Å²) in [4.78, 5) is 6.29. The average Bonchev–Trinajstić information content (AvgIpc) is 2.15. The van der Waals surface area contributed by atoms with Gasteiger partial charge >= 0.3 is 12.4 Å². The van der Waals surface area contributed by atoms with Crippen molar-refractivity contribution in [1.82, 2.24) is 9.97 Å². The van der Waals surface area contributed by atoms with E-state index in [-0.39, 0.29) is 0 Å². The van der Waals surface area contributed by atoms with E-state index in [1.165, 1.54) is 0 Å². The summed E-state index contributed by atoms with van der Waals surface area (Å²) in [6.45, 7) is 0. The van der Waals surface area contributed by atoms with E-state index >= 15 is 0 Å². The van der Waals surface area contributed by atoms with Gasteiger partial charge in [0.2, 0.25) is 11.2 Å². The molecule has 0 fully saturated rings. The number of alkyl halides is 6. The van der Waals surface area contributed by atoms with Gasteiger partial charge in [-0.05, 0) is 11.6 Å². The Bertz CT molecular complexity index is 421. The van der Waals surface area contributed by atoms with Gasteiger partial charge in [-0.25, -0.2) is 4.98 Å². The number of hydrogen-bond donors (Lipinski definition) is 0. The van der Waals surface area contributed by atoms with E-state index in [0.29, 0.717) is 0 Å². The van der Waals surface area contributed by atoms with Crippen molar-refractivity contribution in [2.24, 2.45) is 0 Å². The second-order valence-electron chi connectivity index (χ2n) is 2.87. The molecule has 0 amide bonds. The van der Waals surface area contributed by atoms with E-state index in [2.05, 4.69) is 14.7 Å². The highest BCUT2D eigenvalue weighted by Gasteiger charge is 2.59. The Balaban J connectivity index is 3.08. The molecule has 0 saturated carbocycles. The number of hydrogen-bond acceptors (Lipinski definition) is 3. The van der Waals surface area contributed by atoms with Crippen molar-refractivity contribution in [3.8, 4) is 5.88 Å². The zero-order chi connectivity index (χ0) is 14.1. The largest absolute Gasteiger partial charge is 0.454 e. The van der Waals surface area contributed by atoms with Gasteiger partial charge in [-0.1, -0.05) is 11.6 Å². The normalized spacial score (nSPS) is 12.9. The van der Waals surface area contributed by atoms with Crippen molar-refractivity contribution in [1.29, 1.82) is 0 Å². The maximum Gasteiger partial charge on any atom is 0.434 e. The highest BCUT2D eigenvalue weighted by Crippen LogP contribution is 2.37. The van der Waals surface area contributed by atoms with Crippen LogP contribution in [0, 0.1) is 0 Å². The Hall–Kier alpha value is -0.960. The van der Waals surface area contributed by atoms with Gasteiger partial charge in [0.1, 0.15) is 5.02 Å². The third kappa shape index (κ3) is 3.77. The van der Waals surface area contributed by atoms with E-state index in [9.17, 15) is 26.3 Å². The smallest absolute Gasteiger partial charge is 0.434 e. The van der Waals surface area contributed by atoms with Crippen LogP contribution in [-0.4, -0.2) is 28.4 Å². The fraction of sp³-hybridized carbons (Fsp3) is 0.429. The van der Waals surface area contributed by atoms with Gasteiger partial charge in [0.15, 0.2) is 0 Å². The van der Waals surface area contributed by atoms with Crippen LogP contribution in [0.15, 0.2) is 6.20 Å². The summed E-state index contributed by atoms with van der Waals surface area (Å²) < 4.78 is 76.8. The Labute approximate surface area is 106 Å². The Morgan fingerprint density at radius 3 is 2.00 bits per heavy atom. The molecule has 0 radical (unpaired) electrons. The van der Waals surface area contributed by atoms with Crippen molar-refractivity contribution in [2.75, 3.05) is 0 Å². The number of ether oxygens (including phenoxy) is 1. The Kier molecular flexibility index (Phi) is 4.16. The highest BCUT2D eigenvalue weighted by atomic mass is 35.5. The maximum absolute atomic E-state index is 12.2. The molecule has 1 aromatic heterocycles. The molecule has 1 heterocycles. The van der Waals surface area contributed by atoms with Crippen LogP contribution in [0.2, 0.25) is 10.3 Å². The van der Waals surface area contributed by atoms with Crippen LogP contribution in [0.5, 0.6) is 5.88 Å². The topological polar surface area (TPSA) is 35.0 Å². The molecule has 11 heteroatoms. The first kappa shape index (κ1) is 15.1. The quantitative estimate of drug-likeness (QED) is 0.617. The summed E-state index contributed by atoms with van der Waals surface area (Å²) in [5.74, 6) is -1.10. The van der Waals surface area contributed by atoms with Crippen molar-refractivity contribution in [2.45, 2.75) is 18.5 Å². The lowest BCUT2D eigenvalue weighted by molar-refractivity contribution is -0.300. The first-order chi connectivity index (χ1) is 8.01. The SMILES string of the molecule is FC(F)(F)C(Oc1nc(Cl)ncc1Cl)C(F)(F)F. The molecule has 0 atom stereocenters. The third-order valence-corrected chi connectivity index (χ3v) is 1.95. The summed E-state index contributed by atoms with van der Waals surface area (Å²) in [6.07, 6.45) is -14.7. The zero-order valence-electron chi connectivity index (χ0n) is 7.98. The average molecular weight is 315 g/mol. The zero-order valence-corrected chi connectivity index (χ0v) is 9.49. The third-order valence-electron chi connectivity index (χ3n) is 1.51. The molecule has 0 aromatic carbocycles. The number of rotatable bonds is 2. The fourth-order valence-corrected chi connectivity index (χ4v) is 1.11. The lowest BCUT2D eigenvalue weighted by atomic mass is 10.3. The summed E-state index contributed by atoms with van der Waals surface area (Å²) in [5.41, 5.74) is 0. The first-order valence-electron chi connectivity index (χ1n) is 4.00. The predicted molar refractivity (Wildman–Crippen MR) is 48.6 cm³/mol. The van der Waals surface area contributed by atoms with Crippen LogP contribution in [-0.2, 0) is 0 Å². The summed E-state index contributed by atoms with van der Waals surface area (Å²) in [5, 5.41) is -1.23. The molecule has 0 bridgehead atoms. The van der Waals surface area contributed by atoms with Crippen LogP contribution in [0.4, 0.5) is 26.3 Å². The standard InChI is InChI=1S/C7H2Cl2F6N2O/c8-2-1-16-5(9)17-3(2)18-4(6(10,11)12)7(13,14)15/h1,4H. The maximum atomic E-state index is 12.2. The molecule has 0 N–H and O–H groups in total. The molecule has 1 rings (SSSR count). The summed E-state index contributed by atoms with van der Waals surface area (Å²) in [6, 6.07) is 0.